The van der Waals surface area contributed by atoms with E-state index in [4.69, 9.17) is 11.6 Å². The standard InChI is InChI=1S/C31H33ClN8O/c32-26-10-8-24(9-11-26)27-12-13-29(37-36-27)40-14-4-7-25(21-40)31(41)35-28-19-30(34-22-33-28)39-17-15-38(16-18-39)20-23-5-2-1-3-6-23/h1-3,5-6,8-13,19,22,25H,4,7,14-18,20-21H2,(H,33,34,35,41). The van der Waals surface area contributed by atoms with Crippen LogP contribution in [0.25, 0.3) is 11.3 Å². The van der Waals surface area contributed by atoms with Crippen molar-refractivity contribution in [3.8, 4) is 11.3 Å². The van der Waals surface area contributed by atoms with Crippen molar-refractivity contribution in [3.05, 3.63) is 89.7 Å². The smallest absolute Gasteiger partial charge is 0.230 e. The van der Waals surface area contributed by atoms with Crippen molar-refractivity contribution in [3.63, 3.8) is 0 Å². The summed E-state index contributed by atoms with van der Waals surface area (Å²) in [5.41, 5.74) is 3.08. The fourth-order valence-electron chi connectivity index (χ4n) is 5.46. The van der Waals surface area contributed by atoms with Crippen molar-refractivity contribution in [1.82, 2.24) is 25.1 Å². The van der Waals surface area contributed by atoms with E-state index in [1.54, 1.807) is 0 Å². The van der Waals surface area contributed by atoms with E-state index >= 15 is 0 Å². The maximum atomic E-state index is 13.2. The Labute approximate surface area is 245 Å². The summed E-state index contributed by atoms with van der Waals surface area (Å²) in [4.78, 5) is 28.9. The molecule has 2 aromatic carbocycles. The molecule has 2 fully saturated rings. The van der Waals surface area contributed by atoms with Crippen LogP contribution in [0.15, 0.2) is 79.1 Å². The highest BCUT2D eigenvalue weighted by molar-refractivity contribution is 6.30. The molecule has 41 heavy (non-hydrogen) atoms. The predicted molar refractivity (Wildman–Crippen MR) is 162 cm³/mol. The van der Waals surface area contributed by atoms with E-state index in [0.717, 1.165) is 75.0 Å². The highest BCUT2D eigenvalue weighted by Crippen LogP contribution is 2.25. The number of carbonyl (C=O) groups is 1. The Morgan fingerprint density at radius 2 is 1.66 bits per heavy atom. The number of hydrogen-bond donors (Lipinski definition) is 1. The maximum absolute atomic E-state index is 13.2. The van der Waals surface area contributed by atoms with E-state index in [9.17, 15) is 4.79 Å². The highest BCUT2D eigenvalue weighted by Gasteiger charge is 2.27. The van der Waals surface area contributed by atoms with Gasteiger partial charge in [0, 0.05) is 62.5 Å². The van der Waals surface area contributed by atoms with E-state index in [-0.39, 0.29) is 11.8 Å². The third kappa shape index (κ3) is 6.81. The number of amides is 1. The van der Waals surface area contributed by atoms with Crippen LogP contribution in [-0.2, 0) is 11.3 Å². The Kier molecular flexibility index (Phi) is 8.34. The summed E-state index contributed by atoms with van der Waals surface area (Å²) in [7, 11) is 0. The van der Waals surface area contributed by atoms with Gasteiger partial charge in [-0.25, -0.2) is 9.97 Å². The molecule has 4 heterocycles. The van der Waals surface area contributed by atoms with Crippen molar-refractivity contribution in [1.29, 1.82) is 0 Å². The van der Waals surface area contributed by atoms with Gasteiger partial charge >= 0.3 is 0 Å². The summed E-state index contributed by atoms with van der Waals surface area (Å²) in [6, 6.07) is 23.9. The van der Waals surface area contributed by atoms with Crippen LogP contribution in [0.3, 0.4) is 0 Å². The molecule has 2 saturated heterocycles. The first-order chi connectivity index (χ1) is 20.1. The summed E-state index contributed by atoms with van der Waals surface area (Å²) in [6.45, 7) is 6.06. The molecule has 0 spiro atoms. The molecule has 10 heteroatoms. The third-order valence-corrected chi connectivity index (χ3v) is 8.01. The topological polar surface area (TPSA) is 90.4 Å². The van der Waals surface area contributed by atoms with Gasteiger partial charge in [0.25, 0.3) is 0 Å². The van der Waals surface area contributed by atoms with Gasteiger partial charge in [0.15, 0.2) is 5.82 Å². The molecule has 2 aliphatic rings. The van der Waals surface area contributed by atoms with Crippen molar-refractivity contribution in [2.75, 3.05) is 54.4 Å². The number of nitrogens with one attached hydrogen (secondary N) is 1. The number of aromatic nitrogens is 4. The zero-order valence-electron chi connectivity index (χ0n) is 22.9. The van der Waals surface area contributed by atoms with E-state index in [0.29, 0.717) is 17.4 Å². The van der Waals surface area contributed by atoms with Crippen molar-refractivity contribution < 1.29 is 4.79 Å². The second kappa shape index (κ2) is 12.6. The van der Waals surface area contributed by atoms with Crippen LogP contribution in [0.2, 0.25) is 5.02 Å². The van der Waals surface area contributed by atoms with E-state index < -0.39 is 0 Å². The van der Waals surface area contributed by atoms with Gasteiger partial charge in [0.2, 0.25) is 5.91 Å². The number of nitrogens with zero attached hydrogens (tertiary/aromatic N) is 7. The molecule has 1 unspecified atom stereocenters. The Balaban J connectivity index is 1.03. The largest absolute Gasteiger partial charge is 0.354 e. The summed E-state index contributed by atoms with van der Waals surface area (Å²) in [5, 5.41) is 12.6. The van der Waals surface area contributed by atoms with Gasteiger partial charge in [-0.15, -0.1) is 10.2 Å². The number of piperidine rings is 1. The highest BCUT2D eigenvalue weighted by atomic mass is 35.5. The lowest BCUT2D eigenvalue weighted by Gasteiger charge is -2.35. The number of anilines is 3. The van der Waals surface area contributed by atoms with Gasteiger partial charge in [-0.3, -0.25) is 9.69 Å². The van der Waals surface area contributed by atoms with Crippen LogP contribution in [0.5, 0.6) is 0 Å². The Hall–Kier alpha value is -4.08. The van der Waals surface area contributed by atoms with Crippen LogP contribution in [-0.4, -0.2) is 70.2 Å². The summed E-state index contributed by atoms with van der Waals surface area (Å²) < 4.78 is 0. The van der Waals surface area contributed by atoms with Gasteiger partial charge in [-0.1, -0.05) is 54.1 Å². The Bertz CT molecular complexity index is 1440. The lowest BCUT2D eigenvalue weighted by Crippen LogP contribution is -2.46. The minimum atomic E-state index is -0.165. The Morgan fingerprint density at radius 3 is 2.41 bits per heavy atom. The lowest BCUT2D eigenvalue weighted by molar-refractivity contribution is -0.120. The average Bonchev–Trinajstić information content (AvgIpc) is 3.03. The van der Waals surface area contributed by atoms with Crippen LogP contribution in [0.1, 0.15) is 18.4 Å². The molecule has 9 nitrogen and oxygen atoms in total. The van der Waals surface area contributed by atoms with E-state index in [1.807, 2.05) is 48.5 Å². The third-order valence-electron chi connectivity index (χ3n) is 7.76. The summed E-state index contributed by atoms with van der Waals surface area (Å²) in [6.07, 6.45) is 3.26. The second-order valence-electron chi connectivity index (χ2n) is 10.6. The zero-order chi connectivity index (χ0) is 28.0. The fraction of sp³-hybridized carbons (Fsp3) is 0.323. The number of rotatable bonds is 7. The molecule has 0 saturated carbocycles. The molecule has 2 aromatic heterocycles. The van der Waals surface area contributed by atoms with E-state index in [1.165, 1.54) is 11.9 Å². The van der Waals surface area contributed by atoms with Crippen molar-refractivity contribution >= 4 is 35.0 Å². The van der Waals surface area contributed by atoms with Crippen LogP contribution in [0, 0.1) is 5.92 Å². The van der Waals surface area contributed by atoms with Crippen LogP contribution in [0.4, 0.5) is 17.5 Å². The summed E-state index contributed by atoms with van der Waals surface area (Å²) >= 11 is 6.00. The average molecular weight is 569 g/mol. The molecule has 6 rings (SSSR count). The number of carbonyl (C=O) groups excluding carboxylic acids is 1. The van der Waals surface area contributed by atoms with Crippen LogP contribution >= 0.6 is 11.6 Å². The maximum Gasteiger partial charge on any atom is 0.230 e. The van der Waals surface area contributed by atoms with Gasteiger partial charge in [0.1, 0.15) is 18.0 Å². The predicted octanol–water partition coefficient (Wildman–Crippen LogP) is 4.76. The molecular formula is C31H33ClN8O. The normalized spacial score (nSPS) is 17.8. The zero-order valence-corrected chi connectivity index (χ0v) is 23.6. The van der Waals surface area contributed by atoms with Gasteiger partial charge in [-0.05, 0) is 42.7 Å². The molecule has 4 aromatic rings. The minimum Gasteiger partial charge on any atom is -0.354 e. The first-order valence-electron chi connectivity index (χ1n) is 14.1. The molecule has 1 atom stereocenters. The van der Waals surface area contributed by atoms with Crippen LogP contribution < -0.4 is 15.1 Å². The van der Waals surface area contributed by atoms with Gasteiger partial charge < -0.3 is 15.1 Å². The SMILES string of the molecule is O=C(Nc1cc(N2CCN(Cc3ccccc3)CC2)ncn1)C1CCCN(c2ccc(-c3ccc(Cl)cc3)nn2)C1. The summed E-state index contributed by atoms with van der Waals surface area (Å²) in [5.74, 6) is 1.96. The molecule has 0 bridgehead atoms. The lowest BCUT2D eigenvalue weighted by atomic mass is 9.97. The number of benzene rings is 2. The first-order valence-corrected chi connectivity index (χ1v) is 14.5. The second-order valence-corrected chi connectivity index (χ2v) is 11.0. The quantitative estimate of drug-likeness (QED) is 0.341. The van der Waals surface area contributed by atoms with Crippen molar-refractivity contribution in [2.24, 2.45) is 5.92 Å². The number of piperazine rings is 1. The first kappa shape index (κ1) is 27.1. The molecule has 2 aliphatic heterocycles. The van der Waals surface area contributed by atoms with E-state index in [2.05, 4.69) is 64.4 Å². The van der Waals surface area contributed by atoms with Gasteiger partial charge in [0.05, 0.1) is 11.6 Å². The Morgan fingerprint density at radius 1 is 0.854 bits per heavy atom. The molecule has 0 radical (unpaired) electrons. The van der Waals surface area contributed by atoms with Crippen molar-refractivity contribution in [2.45, 2.75) is 19.4 Å². The van der Waals surface area contributed by atoms with Gasteiger partial charge in [-0.2, -0.15) is 0 Å². The minimum absolute atomic E-state index is 0.0298. The monoisotopic (exact) mass is 568 g/mol. The molecular weight excluding hydrogens is 536 g/mol. The molecule has 1 N–H and O–H groups in total. The molecule has 1 amide bonds. The number of halogens is 1. The molecule has 0 aliphatic carbocycles. The molecule has 210 valence electrons. The number of hydrogen-bond acceptors (Lipinski definition) is 8. The fourth-order valence-corrected chi connectivity index (χ4v) is 5.59.